The van der Waals surface area contributed by atoms with Crippen LogP contribution in [0.25, 0.3) is 0 Å². The Kier molecular flexibility index (Phi) is 2.10. The summed E-state index contributed by atoms with van der Waals surface area (Å²) in [6.45, 7) is 3.23. The molecule has 4 heteroatoms. The average molecular weight is 273 g/mol. The van der Waals surface area contributed by atoms with Crippen LogP contribution in [0.5, 0.6) is 0 Å². The molecule has 1 spiro atoms. The standard InChI is InChI=1S/C11H13BrO3/c1-2-14-9-4-7-8(12)3-6(9)10(13)11(7)5-15-11/h3,6-7,9H,2,4-5H2,1H3/t6?,7?,9-,11+/m1/s1. The molecule has 1 aliphatic heterocycles. The Hall–Kier alpha value is -0.190. The van der Waals surface area contributed by atoms with Crippen LogP contribution in [0.1, 0.15) is 13.3 Å². The summed E-state index contributed by atoms with van der Waals surface area (Å²) < 4.78 is 12.1. The summed E-state index contributed by atoms with van der Waals surface area (Å²) in [7, 11) is 0. The molecule has 4 atom stereocenters. The van der Waals surface area contributed by atoms with E-state index in [1.54, 1.807) is 0 Å². The molecule has 3 nitrogen and oxygen atoms in total. The number of carbonyl (C=O) groups excluding carboxylic acids is 1. The second-order valence-corrected chi connectivity index (χ2v) is 5.32. The lowest BCUT2D eigenvalue weighted by molar-refractivity contribution is -0.140. The van der Waals surface area contributed by atoms with E-state index in [2.05, 4.69) is 15.9 Å². The molecular formula is C11H13BrO3. The number of hydrogen-bond donors (Lipinski definition) is 0. The molecule has 1 heterocycles. The van der Waals surface area contributed by atoms with E-state index < -0.39 is 5.60 Å². The predicted octanol–water partition coefficient (Wildman–Crippen LogP) is 1.66. The molecule has 0 amide bonds. The van der Waals surface area contributed by atoms with Crippen molar-refractivity contribution in [3.63, 3.8) is 0 Å². The van der Waals surface area contributed by atoms with Crippen molar-refractivity contribution in [1.29, 1.82) is 0 Å². The molecular weight excluding hydrogens is 260 g/mol. The van der Waals surface area contributed by atoms with Gasteiger partial charge >= 0.3 is 0 Å². The number of rotatable bonds is 2. The SMILES string of the molecule is CCO[C@@H]1CC2C(Br)=CC1C(=O)[C@]21CO1. The number of carbonyl (C=O) groups is 1. The number of epoxide rings is 1. The molecule has 2 unspecified atom stereocenters. The summed E-state index contributed by atoms with van der Waals surface area (Å²) in [5.74, 6) is 0.304. The Labute approximate surface area is 96.9 Å². The van der Waals surface area contributed by atoms with Gasteiger partial charge in [0.2, 0.25) is 0 Å². The maximum absolute atomic E-state index is 12.1. The van der Waals surface area contributed by atoms with Gasteiger partial charge < -0.3 is 9.47 Å². The summed E-state index contributed by atoms with van der Waals surface area (Å²) in [4.78, 5) is 12.1. The third-order valence-corrected chi connectivity index (χ3v) is 4.48. The van der Waals surface area contributed by atoms with E-state index in [1.165, 1.54) is 0 Å². The van der Waals surface area contributed by atoms with Crippen molar-refractivity contribution in [2.24, 2.45) is 11.8 Å². The highest BCUT2D eigenvalue weighted by Crippen LogP contribution is 2.55. The number of Topliss-reactive ketones (excluding diaryl/α,β-unsaturated/α-hetero) is 1. The maximum Gasteiger partial charge on any atom is 0.177 e. The first-order valence-corrected chi connectivity index (χ1v) is 6.15. The van der Waals surface area contributed by atoms with Crippen molar-refractivity contribution >= 4 is 21.7 Å². The Morgan fingerprint density at radius 1 is 1.73 bits per heavy atom. The highest BCUT2D eigenvalue weighted by molar-refractivity contribution is 9.11. The average Bonchev–Trinajstić information content (AvgIpc) is 2.98. The van der Waals surface area contributed by atoms with Gasteiger partial charge in [0.1, 0.15) is 0 Å². The number of ketones is 1. The Bertz CT molecular complexity index is 346. The first-order valence-electron chi connectivity index (χ1n) is 5.36. The molecule has 1 saturated carbocycles. The molecule has 2 bridgehead atoms. The van der Waals surface area contributed by atoms with E-state index >= 15 is 0 Å². The van der Waals surface area contributed by atoms with Gasteiger partial charge in [-0.3, -0.25) is 4.79 Å². The van der Waals surface area contributed by atoms with Crippen LogP contribution in [-0.2, 0) is 14.3 Å². The highest BCUT2D eigenvalue weighted by Gasteiger charge is 2.66. The number of ether oxygens (including phenoxy) is 2. The molecule has 0 aromatic carbocycles. The second-order valence-electron chi connectivity index (χ2n) is 4.40. The third kappa shape index (κ3) is 1.22. The lowest BCUT2D eigenvalue weighted by Gasteiger charge is -2.42. The van der Waals surface area contributed by atoms with Crippen LogP contribution in [-0.4, -0.2) is 30.7 Å². The van der Waals surface area contributed by atoms with Gasteiger partial charge in [0.25, 0.3) is 0 Å². The van der Waals surface area contributed by atoms with E-state index in [4.69, 9.17) is 9.47 Å². The minimum atomic E-state index is -0.480. The van der Waals surface area contributed by atoms with Crippen LogP contribution in [0.15, 0.2) is 10.6 Å². The van der Waals surface area contributed by atoms with Gasteiger partial charge in [-0.1, -0.05) is 22.0 Å². The van der Waals surface area contributed by atoms with Gasteiger partial charge in [-0.15, -0.1) is 0 Å². The van der Waals surface area contributed by atoms with Crippen LogP contribution in [0, 0.1) is 11.8 Å². The summed E-state index contributed by atoms with van der Waals surface area (Å²) in [6.07, 6.45) is 2.97. The molecule has 0 aromatic rings. The Morgan fingerprint density at radius 2 is 2.47 bits per heavy atom. The zero-order valence-electron chi connectivity index (χ0n) is 8.53. The zero-order chi connectivity index (χ0) is 10.6. The molecule has 1 saturated heterocycles. The van der Waals surface area contributed by atoms with E-state index in [-0.39, 0.29) is 23.7 Å². The van der Waals surface area contributed by atoms with E-state index in [0.717, 1.165) is 10.9 Å². The summed E-state index contributed by atoms with van der Waals surface area (Å²) >= 11 is 3.54. The van der Waals surface area contributed by atoms with Gasteiger partial charge in [0.05, 0.1) is 18.6 Å². The molecule has 82 valence electrons. The molecule has 15 heavy (non-hydrogen) atoms. The maximum atomic E-state index is 12.1. The minimum absolute atomic E-state index is 0.0589. The van der Waals surface area contributed by atoms with Crippen LogP contribution < -0.4 is 0 Å². The second kappa shape index (κ2) is 3.15. The van der Waals surface area contributed by atoms with Gasteiger partial charge in [-0.2, -0.15) is 0 Å². The lowest BCUT2D eigenvalue weighted by Crippen LogP contribution is -2.53. The van der Waals surface area contributed by atoms with Crippen molar-refractivity contribution in [3.8, 4) is 0 Å². The van der Waals surface area contributed by atoms with Crippen LogP contribution in [0.4, 0.5) is 0 Å². The zero-order valence-corrected chi connectivity index (χ0v) is 10.1. The third-order valence-electron chi connectivity index (χ3n) is 3.66. The highest BCUT2D eigenvalue weighted by atomic mass is 79.9. The molecule has 4 rings (SSSR count). The number of fused-ring (bicyclic) bond motifs is 1. The summed E-state index contributed by atoms with van der Waals surface area (Å²) in [5.41, 5.74) is -0.480. The smallest absolute Gasteiger partial charge is 0.177 e. The van der Waals surface area contributed by atoms with E-state index in [1.807, 2.05) is 13.0 Å². The number of hydrogen-bond acceptors (Lipinski definition) is 3. The summed E-state index contributed by atoms with van der Waals surface area (Å²) in [6, 6.07) is 0. The molecule has 0 aromatic heterocycles. The number of halogens is 1. The fourth-order valence-corrected chi connectivity index (χ4v) is 3.65. The normalized spacial score (nSPS) is 47.2. The van der Waals surface area contributed by atoms with Crippen LogP contribution >= 0.6 is 15.9 Å². The molecule has 0 radical (unpaired) electrons. The summed E-state index contributed by atoms with van der Waals surface area (Å²) in [5, 5.41) is 0. The minimum Gasteiger partial charge on any atom is -0.377 e. The van der Waals surface area contributed by atoms with Crippen LogP contribution in [0.3, 0.4) is 0 Å². The van der Waals surface area contributed by atoms with Crippen molar-refractivity contribution in [1.82, 2.24) is 0 Å². The van der Waals surface area contributed by atoms with Gasteiger partial charge in [0, 0.05) is 12.5 Å². The first kappa shape index (κ1) is 10.00. The fraction of sp³-hybridized carbons (Fsp3) is 0.727. The predicted molar refractivity (Wildman–Crippen MR) is 57.7 cm³/mol. The van der Waals surface area contributed by atoms with Crippen LogP contribution in [0.2, 0.25) is 0 Å². The molecule has 4 aliphatic rings. The molecule has 3 aliphatic carbocycles. The van der Waals surface area contributed by atoms with Crippen molar-refractivity contribution < 1.29 is 14.3 Å². The lowest BCUT2D eigenvalue weighted by atomic mass is 9.66. The van der Waals surface area contributed by atoms with Gasteiger partial charge in [0.15, 0.2) is 11.4 Å². The van der Waals surface area contributed by atoms with Crippen molar-refractivity contribution in [2.45, 2.75) is 25.0 Å². The Morgan fingerprint density at radius 3 is 3.07 bits per heavy atom. The van der Waals surface area contributed by atoms with Gasteiger partial charge in [-0.25, -0.2) is 0 Å². The monoisotopic (exact) mass is 272 g/mol. The molecule has 0 N–H and O–H groups in total. The largest absolute Gasteiger partial charge is 0.377 e. The van der Waals surface area contributed by atoms with Crippen molar-refractivity contribution in [3.05, 3.63) is 10.6 Å². The quantitative estimate of drug-likeness (QED) is 0.718. The topological polar surface area (TPSA) is 38.8 Å². The fourth-order valence-electron chi connectivity index (χ4n) is 2.80. The first-order chi connectivity index (χ1) is 7.19. The van der Waals surface area contributed by atoms with E-state index in [9.17, 15) is 4.79 Å². The van der Waals surface area contributed by atoms with Crippen molar-refractivity contribution in [2.75, 3.05) is 13.2 Å². The molecule has 2 fully saturated rings. The van der Waals surface area contributed by atoms with E-state index in [0.29, 0.717) is 13.2 Å². The van der Waals surface area contributed by atoms with Gasteiger partial charge in [-0.05, 0) is 17.8 Å². The Balaban J connectivity index is 1.94.